The molecule has 4 heterocycles. The molecular weight excluding hydrogens is 308 g/mol. The number of nitrogens with one attached hydrogen (secondary N) is 1. The maximum absolute atomic E-state index is 12.6. The van der Waals surface area contributed by atoms with Gasteiger partial charge in [0, 0.05) is 49.4 Å². The van der Waals surface area contributed by atoms with Crippen LogP contribution in [0.4, 0.5) is 5.95 Å². The van der Waals surface area contributed by atoms with E-state index in [0.29, 0.717) is 43.2 Å². The summed E-state index contributed by atoms with van der Waals surface area (Å²) < 4.78 is 11.2. The summed E-state index contributed by atoms with van der Waals surface area (Å²) in [4.78, 5) is 22.8. The van der Waals surface area contributed by atoms with Gasteiger partial charge in [0.05, 0.1) is 19.0 Å². The van der Waals surface area contributed by atoms with Crippen LogP contribution >= 0.6 is 0 Å². The Morgan fingerprint density at radius 1 is 1.38 bits per heavy atom. The van der Waals surface area contributed by atoms with Gasteiger partial charge in [0.15, 0.2) is 5.76 Å². The highest BCUT2D eigenvalue weighted by Crippen LogP contribution is 2.34. The molecule has 2 aliphatic heterocycles. The van der Waals surface area contributed by atoms with Gasteiger partial charge in [-0.25, -0.2) is 9.97 Å². The quantitative estimate of drug-likeness (QED) is 0.918. The number of hydrogen-bond acceptors (Lipinski definition) is 6. The molecule has 3 atom stereocenters. The molecule has 2 fully saturated rings. The molecule has 126 valence electrons. The van der Waals surface area contributed by atoms with Gasteiger partial charge in [-0.3, -0.25) is 4.79 Å². The number of hydrogen-bond donors (Lipinski definition) is 1. The monoisotopic (exact) mass is 328 g/mol. The summed E-state index contributed by atoms with van der Waals surface area (Å²) in [5.41, 5.74) is 0.873. The fraction of sp³-hybridized carbons (Fsp3) is 0.471. The van der Waals surface area contributed by atoms with Crippen LogP contribution in [0.25, 0.3) is 0 Å². The topological polar surface area (TPSA) is 80.5 Å². The van der Waals surface area contributed by atoms with Crippen molar-refractivity contribution in [2.24, 2.45) is 11.8 Å². The Labute approximate surface area is 140 Å². The van der Waals surface area contributed by atoms with Gasteiger partial charge in [0.1, 0.15) is 0 Å². The molecule has 1 amide bonds. The predicted molar refractivity (Wildman–Crippen MR) is 86.6 cm³/mol. The number of carbonyl (C=O) groups excluding carboxylic acids is 1. The summed E-state index contributed by atoms with van der Waals surface area (Å²) in [5, 5.41) is 3.26. The summed E-state index contributed by atoms with van der Waals surface area (Å²) in [7, 11) is 0. The molecule has 0 bridgehead atoms. The third-order valence-corrected chi connectivity index (χ3v) is 4.87. The highest BCUT2D eigenvalue weighted by atomic mass is 16.5. The van der Waals surface area contributed by atoms with E-state index >= 15 is 0 Å². The minimum Gasteiger partial charge on any atom is -0.459 e. The van der Waals surface area contributed by atoms with Gasteiger partial charge in [0.25, 0.3) is 5.91 Å². The van der Waals surface area contributed by atoms with Crippen LogP contribution in [0.15, 0.2) is 35.2 Å². The number of aromatic nitrogens is 2. The number of carbonyl (C=O) groups is 1. The van der Waals surface area contributed by atoms with Crippen molar-refractivity contribution in [2.45, 2.75) is 13.0 Å². The number of aryl methyl sites for hydroxylation is 1. The van der Waals surface area contributed by atoms with E-state index in [2.05, 4.69) is 15.3 Å². The molecule has 24 heavy (non-hydrogen) atoms. The van der Waals surface area contributed by atoms with Crippen molar-refractivity contribution >= 4 is 11.9 Å². The van der Waals surface area contributed by atoms with E-state index in [-0.39, 0.29) is 12.0 Å². The van der Waals surface area contributed by atoms with Crippen molar-refractivity contribution in [1.29, 1.82) is 0 Å². The molecule has 7 heteroatoms. The largest absolute Gasteiger partial charge is 0.459 e. The van der Waals surface area contributed by atoms with Crippen molar-refractivity contribution in [2.75, 3.05) is 31.6 Å². The second kappa shape index (κ2) is 6.24. The number of fused-ring (bicyclic) bond motifs is 1. The number of amides is 1. The average molecular weight is 328 g/mol. The Morgan fingerprint density at radius 2 is 2.21 bits per heavy atom. The Hall–Kier alpha value is -2.41. The Kier molecular flexibility index (Phi) is 3.93. The molecular formula is C17H20N4O3. The summed E-state index contributed by atoms with van der Waals surface area (Å²) in [6.45, 7) is 4.66. The molecule has 7 nitrogen and oxygen atoms in total. The zero-order valence-corrected chi connectivity index (χ0v) is 13.5. The van der Waals surface area contributed by atoms with E-state index < -0.39 is 0 Å². The van der Waals surface area contributed by atoms with E-state index in [1.54, 1.807) is 24.7 Å². The van der Waals surface area contributed by atoms with E-state index in [0.717, 1.165) is 12.1 Å². The molecule has 2 aromatic rings. The van der Waals surface area contributed by atoms with Gasteiger partial charge in [-0.1, -0.05) is 0 Å². The summed E-state index contributed by atoms with van der Waals surface area (Å²) in [5.74, 6) is 1.68. The molecule has 4 rings (SSSR count). The minimum absolute atomic E-state index is 0.0476. The number of nitrogens with zero attached hydrogens (tertiary/aromatic N) is 3. The zero-order valence-electron chi connectivity index (χ0n) is 13.5. The van der Waals surface area contributed by atoms with Crippen LogP contribution < -0.4 is 5.32 Å². The molecule has 0 aromatic carbocycles. The Morgan fingerprint density at radius 3 is 2.96 bits per heavy atom. The average Bonchev–Trinajstić information content (AvgIpc) is 3.29. The van der Waals surface area contributed by atoms with Crippen LogP contribution in [0.1, 0.15) is 16.1 Å². The first-order valence-corrected chi connectivity index (χ1v) is 8.18. The molecule has 0 radical (unpaired) electrons. The Balaban J connectivity index is 1.38. The molecule has 2 aromatic heterocycles. The second-order valence-electron chi connectivity index (χ2n) is 6.39. The van der Waals surface area contributed by atoms with E-state index in [4.69, 9.17) is 9.15 Å². The normalized spacial score (nSPS) is 25.7. The van der Waals surface area contributed by atoms with Crippen LogP contribution in [-0.4, -0.2) is 53.1 Å². The van der Waals surface area contributed by atoms with Crippen LogP contribution in [0.5, 0.6) is 0 Å². The fourth-order valence-electron chi connectivity index (χ4n) is 3.52. The molecule has 0 spiro atoms. The zero-order chi connectivity index (χ0) is 16.5. The highest BCUT2D eigenvalue weighted by molar-refractivity contribution is 5.93. The van der Waals surface area contributed by atoms with E-state index in [1.165, 1.54) is 0 Å². The van der Waals surface area contributed by atoms with Gasteiger partial charge in [0.2, 0.25) is 5.95 Å². The third kappa shape index (κ3) is 2.75. The Bertz CT molecular complexity index is 718. The molecule has 0 unspecified atom stereocenters. The molecule has 2 saturated heterocycles. The predicted octanol–water partition coefficient (Wildman–Crippen LogP) is 1.58. The molecule has 1 N–H and O–H groups in total. The fourth-order valence-corrected chi connectivity index (χ4v) is 3.52. The smallest absolute Gasteiger partial charge is 0.289 e. The van der Waals surface area contributed by atoms with E-state index in [9.17, 15) is 4.79 Å². The van der Waals surface area contributed by atoms with Gasteiger partial charge >= 0.3 is 0 Å². The van der Waals surface area contributed by atoms with Crippen LogP contribution in [0.3, 0.4) is 0 Å². The first-order chi connectivity index (χ1) is 11.7. The number of likely N-dealkylation sites (tertiary alicyclic amines) is 1. The number of rotatable bonds is 4. The molecule has 0 aliphatic carbocycles. The number of ether oxygens (including phenoxy) is 1. The summed E-state index contributed by atoms with van der Waals surface area (Å²) in [6.07, 6.45) is 5.09. The lowest BCUT2D eigenvalue weighted by molar-refractivity contribution is 0.0653. The van der Waals surface area contributed by atoms with Crippen molar-refractivity contribution in [3.05, 3.63) is 42.1 Å². The SMILES string of the molecule is Cc1ccoc1C(=O)N1C[C@H]2[C@H](CNc3ncccn3)CO[C@H]2C1. The minimum atomic E-state index is -0.0476. The maximum Gasteiger partial charge on any atom is 0.289 e. The summed E-state index contributed by atoms with van der Waals surface area (Å²) >= 11 is 0. The van der Waals surface area contributed by atoms with Crippen molar-refractivity contribution in [3.63, 3.8) is 0 Å². The standard InChI is InChI=1S/C17H20N4O3/c1-11-3-6-23-15(11)16(22)21-8-13-12(10-24-14(13)9-21)7-20-17-18-4-2-5-19-17/h2-6,12-14H,7-10H2,1H3,(H,18,19,20)/t12-,13+,14+/m1/s1. The van der Waals surface area contributed by atoms with Crippen molar-refractivity contribution in [3.8, 4) is 0 Å². The molecule has 2 aliphatic rings. The maximum atomic E-state index is 12.6. The van der Waals surface area contributed by atoms with Crippen LogP contribution in [0, 0.1) is 18.8 Å². The van der Waals surface area contributed by atoms with Crippen LogP contribution in [-0.2, 0) is 4.74 Å². The van der Waals surface area contributed by atoms with Gasteiger partial charge in [-0.2, -0.15) is 0 Å². The first-order valence-electron chi connectivity index (χ1n) is 8.18. The third-order valence-electron chi connectivity index (χ3n) is 4.87. The van der Waals surface area contributed by atoms with Gasteiger partial charge in [-0.05, 0) is 19.1 Å². The van der Waals surface area contributed by atoms with E-state index in [1.807, 2.05) is 17.9 Å². The van der Waals surface area contributed by atoms with Gasteiger partial charge in [-0.15, -0.1) is 0 Å². The van der Waals surface area contributed by atoms with Crippen molar-refractivity contribution < 1.29 is 13.9 Å². The van der Waals surface area contributed by atoms with Gasteiger partial charge < -0.3 is 19.4 Å². The number of furan rings is 1. The lowest BCUT2D eigenvalue weighted by atomic mass is 9.93. The molecule has 0 saturated carbocycles. The lowest BCUT2D eigenvalue weighted by Crippen LogP contribution is -2.32. The number of anilines is 1. The lowest BCUT2D eigenvalue weighted by Gasteiger charge is -2.19. The first kappa shape index (κ1) is 15.1. The second-order valence-corrected chi connectivity index (χ2v) is 6.39. The van der Waals surface area contributed by atoms with Crippen molar-refractivity contribution in [1.82, 2.24) is 14.9 Å². The highest BCUT2D eigenvalue weighted by Gasteiger charge is 2.45. The summed E-state index contributed by atoms with van der Waals surface area (Å²) in [6, 6.07) is 3.60. The van der Waals surface area contributed by atoms with Crippen LogP contribution in [0.2, 0.25) is 0 Å².